The first-order chi connectivity index (χ1) is 14.1. The third-order valence-corrected chi connectivity index (χ3v) is 6.37. The van der Waals surface area contributed by atoms with Crippen LogP contribution in [0.15, 0.2) is 29.3 Å². The summed E-state index contributed by atoms with van der Waals surface area (Å²) in [5.74, 6) is 0.470. The van der Waals surface area contributed by atoms with Crippen molar-refractivity contribution in [1.29, 1.82) is 0 Å². The van der Waals surface area contributed by atoms with Gasteiger partial charge in [-0.05, 0) is 38.8 Å². The molecule has 2 aromatic heterocycles. The molecule has 4 heterocycles. The van der Waals surface area contributed by atoms with Crippen LogP contribution in [0.25, 0.3) is 0 Å². The Bertz CT molecular complexity index is 798. The maximum atomic E-state index is 12.8. The highest BCUT2D eigenvalue weighted by Crippen LogP contribution is 2.28. The van der Waals surface area contributed by atoms with Gasteiger partial charge < -0.3 is 14.6 Å². The summed E-state index contributed by atoms with van der Waals surface area (Å²) < 4.78 is 4.85. The summed E-state index contributed by atoms with van der Waals surface area (Å²) in [5, 5.41) is 9.99. The average molecular weight is 400 g/mol. The molecule has 0 unspecified atom stereocenters. The molecule has 0 aromatic carbocycles. The number of H-pyrrole nitrogens is 1. The van der Waals surface area contributed by atoms with Crippen molar-refractivity contribution in [3.63, 3.8) is 0 Å². The SMILES string of the molecule is CN1[C@@H](CC(=O)N2CCC(c3ccn[nH]3)CC2)CC[C@H]1CNC(=O)c1cocn1. The third-order valence-electron chi connectivity index (χ3n) is 6.37. The molecule has 0 saturated carbocycles. The molecule has 9 nitrogen and oxygen atoms in total. The molecule has 9 heteroatoms. The molecule has 0 radical (unpaired) electrons. The van der Waals surface area contributed by atoms with Crippen LogP contribution in [0.3, 0.4) is 0 Å². The van der Waals surface area contributed by atoms with Crippen LogP contribution >= 0.6 is 0 Å². The van der Waals surface area contributed by atoms with E-state index in [-0.39, 0.29) is 29.6 Å². The fourth-order valence-electron chi connectivity index (χ4n) is 4.47. The number of hydrogen-bond donors (Lipinski definition) is 2. The largest absolute Gasteiger partial charge is 0.451 e. The molecule has 2 fully saturated rings. The van der Waals surface area contributed by atoms with Crippen molar-refractivity contribution in [2.45, 2.75) is 50.1 Å². The molecule has 0 aliphatic carbocycles. The van der Waals surface area contributed by atoms with Gasteiger partial charge in [-0.25, -0.2) is 4.98 Å². The molecule has 156 valence electrons. The van der Waals surface area contributed by atoms with E-state index >= 15 is 0 Å². The molecule has 2 atom stereocenters. The molecule has 29 heavy (non-hydrogen) atoms. The number of hydrogen-bond acceptors (Lipinski definition) is 6. The summed E-state index contributed by atoms with van der Waals surface area (Å²) in [7, 11) is 2.04. The number of carbonyl (C=O) groups is 2. The van der Waals surface area contributed by atoms with Crippen LogP contribution in [0, 0.1) is 0 Å². The third kappa shape index (κ3) is 4.50. The van der Waals surface area contributed by atoms with Crippen LogP contribution in [0.4, 0.5) is 0 Å². The second kappa shape index (κ2) is 8.77. The van der Waals surface area contributed by atoms with Crippen molar-refractivity contribution < 1.29 is 14.0 Å². The Hall–Kier alpha value is -2.68. The van der Waals surface area contributed by atoms with E-state index < -0.39 is 0 Å². The molecule has 4 rings (SSSR count). The lowest BCUT2D eigenvalue weighted by Gasteiger charge is -2.33. The number of likely N-dealkylation sites (N-methyl/N-ethyl adjacent to an activating group) is 1. The van der Waals surface area contributed by atoms with E-state index in [4.69, 9.17) is 4.42 Å². The van der Waals surface area contributed by atoms with Gasteiger partial charge in [0.1, 0.15) is 6.26 Å². The van der Waals surface area contributed by atoms with Gasteiger partial charge >= 0.3 is 0 Å². The van der Waals surface area contributed by atoms with Crippen molar-refractivity contribution >= 4 is 11.8 Å². The van der Waals surface area contributed by atoms with Gasteiger partial charge in [0.2, 0.25) is 5.91 Å². The average Bonchev–Trinajstić information content (AvgIpc) is 3.50. The van der Waals surface area contributed by atoms with Crippen molar-refractivity contribution in [3.8, 4) is 0 Å². The zero-order valence-corrected chi connectivity index (χ0v) is 16.7. The molecule has 2 aliphatic heterocycles. The minimum atomic E-state index is -0.230. The van der Waals surface area contributed by atoms with Gasteiger partial charge in [-0.1, -0.05) is 0 Å². The fourth-order valence-corrected chi connectivity index (χ4v) is 4.47. The summed E-state index contributed by atoms with van der Waals surface area (Å²) in [4.78, 5) is 32.9. The molecular weight excluding hydrogens is 372 g/mol. The molecule has 0 bridgehead atoms. The summed E-state index contributed by atoms with van der Waals surface area (Å²) >= 11 is 0. The molecule has 2 aromatic rings. The number of nitrogens with zero attached hydrogens (tertiary/aromatic N) is 4. The van der Waals surface area contributed by atoms with Gasteiger partial charge in [0.25, 0.3) is 5.91 Å². The Labute approximate surface area is 169 Å². The number of oxazole rings is 1. The van der Waals surface area contributed by atoms with E-state index in [0.717, 1.165) is 38.8 Å². The maximum Gasteiger partial charge on any atom is 0.273 e. The second-order valence-corrected chi connectivity index (χ2v) is 8.01. The Kier molecular flexibility index (Phi) is 5.94. The number of likely N-dealkylation sites (tertiary alicyclic amines) is 2. The predicted molar refractivity (Wildman–Crippen MR) is 105 cm³/mol. The quantitative estimate of drug-likeness (QED) is 0.759. The first-order valence-corrected chi connectivity index (χ1v) is 10.3. The highest BCUT2D eigenvalue weighted by atomic mass is 16.3. The van der Waals surface area contributed by atoms with E-state index in [1.54, 1.807) is 6.20 Å². The van der Waals surface area contributed by atoms with E-state index in [1.165, 1.54) is 18.4 Å². The number of aromatic amines is 1. The van der Waals surface area contributed by atoms with E-state index in [9.17, 15) is 9.59 Å². The first-order valence-electron chi connectivity index (χ1n) is 10.3. The van der Waals surface area contributed by atoms with Gasteiger partial charge in [-0.2, -0.15) is 5.10 Å². The Morgan fingerprint density at radius 3 is 2.72 bits per heavy atom. The Balaban J connectivity index is 1.21. The monoisotopic (exact) mass is 400 g/mol. The number of rotatable bonds is 6. The lowest BCUT2D eigenvalue weighted by atomic mass is 9.93. The summed E-state index contributed by atoms with van der Waals surface area (Å²) in [5.41, 5.74) is 1.46. The van der Waals surface area contributed by atoms with E-state index in [1.807, 2.05) is 18.0 Å². The van der Waals surface area contributed by atoms with Gasteiger partial charge in [0.05, 0.1) is 0 Å². The summed E-state index contributed by atoms with van der Waals surface area (Å²) in [6.45, 7) is 2.15. The lowest BCUT2D eigenvalue weighted by molar-refractivity contribution is -0.133. The molecule has 2 N–H and O–H groups in total. The number of amides is 2. The van der Waals surface area contributed by atoms with Crippen molar-refractivity contribution in [2.75, 3.05) is 26.7 Å². The highest BCUT2D eigenvalue weighted by molar-refractivity contribution is 5.91. The highest BCUT2D eigenvalue weighted by Gasteiger charge is 2.34. The summed E-state index contributed by atoms with van der Waals surface area (Å²) in [6.07, 6.45) is 8.80. The van der Waals surface area contributed by atoms with Crippen LogP contribution in [0.1, 0.15) is 54.2 Å². The van der Waals surface area contributed by atoms with Crippen molar-refractivity contribution in [3.05, 3.63) is 36.3 Å². The standard InChI is InChI=1S/C20H28N6O3/c1-25-15(2-3-16(25)11-21-20(28)18-12-29-13-22-18)10-19(27)26-8-5-14(6-9-26)17-4-7-23-24-17/h4,7,12-16H,2-3,5-6,8-11H2,1H3,(H,21,28)(H,23,24)/t15-,16+/m1/s1. The number of nitrogens with one attached hydrogen (secondary N) is 2. The van der Waals surface area contributed by atoms with Crippen LogP contribution < -0.4 is 5.32 Å². The summed E-state index contributed by atoms with van der Waals surface area (Å²) in [6, 6.07) is 2.48. The van der Waals surface area contributed by atoms with Crippen LogP contribution in [-0.4, -0.2) is 75.6 Å². The topological polar surface area (TPSA) is 107 Å². The van der Waals surface area contributed by atoms with Crippen LogP contribution in [-0.2, 0) is 4.79 Å². The van der Waals surface area contributed by atoms with Crippen molar-refractivity contribution in [2.24, 2.45) is 0 Å². The zero-order valence-electron chi connectivity index (χ0n) is 16.7. The lowest BCUT2D eigenvalue weighted by Crippen LogP contribution is -2.44. The molecule has 2 saturated heterocycles. The van der Waals surface area contributed by atoms with Crippen molar-refractivity contribution in [1.82, 2.24) is 30.3 Å². The minimum absolute atomic E-state index is 0.224. The van der Waals surface area contributed by atoms with Gasteiger partial charge in [-0.3, -0.25) is 19.6 Å². The number of aromatic nitrogens is 3. The number of carbonyl (C=O) groups excluding carboxylic acids is 2. The fraction of sp³-hybridized carbons (Fsp3) is 0.600. The Morgan fingerprint density at radius 1 is 1.24 bits per heavy atom. The molecule has 0 spiro atoms. The normalized spacial score (nSPS) is 23.4. The minimum Gasteiger partial charge on any atom is -0.451 e. The van der Waals surface area contributed by atoms with Gasteiger partial charge in [-0.15, -0.1) is 0 Å². The first kappa shape index (κ1) is 19.6. The predicted octanol–water partition coefficient (Wildman–Crippen LogP) is 1.39. The van der Waals surface area contributed by atoms with Crippen LogP contribution in [0.2, 0.25) is 0 Å². The molecular formula is C20H28N6O3. The second-order valence-electron chi connectivity index (χ2n) is 8.01. The van der Waals surface area contributed by atoms with Gasteiger partial charge in [0.15, 0.2) is 12.1 Å². The Morgan fingerprint density at radius 2 is 2.03 bits per heavy atom. The van der Waals surface area contributed by atoms with E-state index in [0.29, 0.717) is 18.9 Å². The smallest absolute Gasteiger partial charge is 0.273 e. The number of piperidine rings is 1. The van der Waals surface area contributed by atoms with E-state index in [2.05, 4.69) is 25.4 Å². The zero-order chi connectivity index (χ0) is 20.2. The van der Waals surface area contributed by atoms with Gasteiger partial charge in [0, 0.05) is 55.9 Å². The van der Waals surface area contributed by atoms with Crippen LogP contribution in [0.5, 0.6) is 0 Å². The maximum absolute atomic E-state index is 12.8. The molecule has 2 aliphatic rings. The molecule has 2 amide bonds.